The second-order valence-corrected chi connectivity index (χ2v) is 5.60. The summed E-state index contributed by atoms with van der Waals surface area (Å²) in [5, 5.41) is 4.93. The molecule has 0 bridgehead atoms. The topological polar surface area (TPSA) is 25.2 Å². The fraction of sp³-hybridized carbons (Fsp3) is 0.176. The molecule has 0 spiro atoms. The molecule has 0 saturated heterocycles. The molecule has 1 aromatic heterocycles. The van der Waals surface area contributed by atoms with Crippen LogP contribution in [0.25, 0.3) is 10.8 Å². The number of rotatable bonds is 4. The van der Waals surface area contributed by atoms with Crippen molar-refractivity contribution >= 4 is 26.7 Å². The molecule has 0 saturated carbocycles. The van der Waals surface area contributed by atoms with Crippen molar-refractivity contribution in [2.45, 2.75) is 13.0 Å². The Morgan fingerprint density at radius 2 is 1.86 bits per heavy atom. The van der Waals surface area contributed by atoms with Gasteiger partial charge in [0.15, 0.2) is 4.67 Å². The minimum absolute atomic E-state index is 0.105. The molecular formula is C17H15BrFNO. The third-order valence-corrected chi connectivity index (χ3v) is 3.93. The second kappa shape index (κ2) is 6.00. The van der Waals surface area contributed by atoms with Crippen LogP contribution in [0.3, 0.4) is 0 Å². The number of halogens is 2. The van der Waals surface area contributed by atoms with Crippen molar-refractivity contribution in [3.8, 4) is 0 Å². The largest absolute Gasteiger partial charge is 0.452 e. The molecule has 3 rings (SSSR count). The summed E-state index contributed by atoms with van der Waals surface area (Å²) in [6, 6.07) is 14.5. The average Bonchev–Trinajstić information content (AvgIpc) is 2.92. The van der Waals surface area contributed by atoms with Gasteiger partial charge in [0, 0.05) is 5.39 Å². The molecule has 1 unspecified atom stereocenters. The molecule has 1 N–H and O–H groups in total. The Morgan fingerprint density at radius 1 is 1.10 bits per heavy atom. The molecule has 1 atom stereocenters. The summed E-state index contributed by atoms with van der Waals surface area (Å²) >= 11 is 3.33. The van der Waals surface area contributed by atoms with Crippen LogP contribution in [0.15, 0.2) is 57.6 Å². The molecule has 0 aliphatic carbocycles. The number of benzene rings is 2. The van der Waals surface area contributed by atoms with Crippen LogP contribution in [0.1, 0.15) is 24.3 Å². The molecule has 0 amide bonds. The molecular weight excluding hydrogens is 333 g/mol. The normalized spacial score (nSPS) is 12.7. The van der Waals surface area contributed by atoms with Crippen molar-refractivity contribution in [2.75, 3.05) is 6.54 Å². The first-order chi connectivity index (χ1) is 10.2. The standard InChI is InChI=1S/C17H15BrFNO/c1-2-20-17(15-9-10-16(18)21-15)13-7-8-14(19)12-6-4-3-5-11(12)13/h3-10,17,20H,2H2,1H3. The van der Waals surface area contributed by atoms with E-state index in [1.165, 1.54) is 6.07 Å². The van der Waals surface area contributed by atoms with E-state index in [0.29, 0.717) is 10.1 Å². The summed E-state index contributed by atoms with van der Waals surface area (Å²) < 4.78 is 20.3. The summed E-state index contributed by atoms with van der Waals surface area (Å²) in [5.41, 5.74) is 1.01. The average molecular weight is 348 g/mol. The van der Waals surface area contributed by atoms with E-state index in [1.54, 1.807) is 6.07 Å². The van der Waals surface area contributed by atoms with Crippen LogP contribution in [-0.4, -0.2) is 6.54 Å². The zero-order valence-electron chi connectivity index (χ0n) is 11.6. The van der Waals surface area contributed by atoms with Crippen LogP contribution >= 0.6 is 15.9 Å². The minimum Gasteiger partial charge on any atom is -0.452 e. The molecule has 2 nitrogen and oxygen atoms in total. The van der Waals surface area contributed by atoms with Crippen LogP contribution in [0.4, 0.5) is 4.39 Å². The van der Waals surface area contributed by atoms with Gasteiger partial charge in [0.25, 0.3) is 0 Å². The maximum absolute atomic E-state index is 14.0. The van der Waals surface area contributed by atoms with Crippen LogP contribution in [0.5, 0.6) is 0 Å². The number of fused-ring (bicyclic) bond motifs is 1. The Morgan fingerprint density at radius 3 is 2.52 bits per heavy atom. The van der Waals surface area contributed by atoms with Crippen LogP contribution in [0.2, 0.25) is 0 Å². The molecule has 0 aliphatic heterocycles. The predicted octanol–water partition coefficient (Wildman–Crippen LogP) is 5.03. The smallest absolute Gasteiger partial charge is 0.169 e. The number of hydrogen-bond acceptors (Lipinski definition) is 2. The van der Waals surface area contributed by atoms with E-state index in [0.717, 1.165) is 23.3 Å². The van der Waals surface area contributed by atoms with Gasteiger partial charge in [-0.15, -0.1) is 0 Å². The highest BCUT2D eigenvalue weighted by Crippen LogP contribution is 2.32. The number of furan rings is 1. The van der Waals surface area contributed by atoms with Gasteiger partial charge in [0.05, 0.1) is 6.04 Å². The zero-order valence-corrected chi connectivity index (χ0v) is 13.2. The Bertz CT molecular complexity index is 768. The van der Waals surface area contributed by atoms with E-state index in [2.05, 4.69) is 21.2 Å². The highest BCUT2D eigenvalue weighted by Gasteiger charge is 2.19. The Balaban J connectivity index is 2.18. The summed E-state index contributed by atoms with van der Waals surface area (Å²) in [5.74, 6) is 0.603. The van der Waals surface area contributed by atoms with Crippen molar-refractivity contribution in [1.82, 2.24) is 5.32 Å². The monoisotopic (exact) mass is 347 g/mol. The van der Waals surface area contributed by atoms with Gasteiger partial charge in [-0.05, 0) is 51.6 Å². The third kappa shape index (κ3) is 2.74. The Labute approximate surface area is 131 Å². The zero-order chi connectivity index (χ0) is 14.8. The molecule has 108 valence electrons. The number of hydrogen-bond donors (Lipinski definition) is 1. The van der Waals surface area contributed by atoms with Crippen molar-refractivity contribution in [3.05, 3.63) is 70.3 Å². The minimum atomic E-state index is -0.203. The van der Waals surface area contributed by atoms with E-state index in [1.807, 2.05) is 43.3 Å². The molecule has 1 heterocycles. The lowest BCUT2D eigenvalue weighted by atomic mass is 9.97. The van der Waals surface area contributed by atoms with E-state index in [9.17, 15) is 4.39 Å². The molecule has 0 aliphatic rings. The van der Waals surface area contributed by atoms with Gasteiger partial charge >= 0.3 is 0 Å². The van der Waals surface area contributed by atoms with E-state index in [4.69, 9.17) is 4.42 Å². The summed E-state index contributed by atoms with van der Waals surface area (Å²) in [6.07, 6.45) is 0. The number of nitrogens with one attached hydrogen (secondary N) is 1. The molecule has 4 heteroatoms. The molecule has 0 radical (unpaired) electrons. The van der Waals surface area contributed by atoms with E-state index in [-0.39, 0.29) is 11.9 Å². The van der Waals surface area contributed by atoms with Crippen LogP contribution in [0, 0.1) is 5.82 Å². The maximum atomic E-state index is 14.0. The summed E-state index contributed by atoms with van der Waals surface area (Å²) in [7, 11) is 0. The van der Waals surface area contributed by atoms with E-state index >= 15 is 0 Å². The molecule has 2 aromatic carbocycles. The first-order valence-corrected chi connectivity index (χ1v) is 7.65. The SMILES string of the molecule is CCNC(c1ccc(Br)o1)c1ccc(F)c2ccccc12. The fourth-order valence-corrected chi connectivity index (χ4v) is 2.91. The third-order valence-electron chi connectivity index (χ3n) is 3.50. The highest BCUT2D eigenvalue weighted by molar-refractivity contribution is 9.10. The molecule has 21 heavy (non-hydrogen) atoms. The first kappa shape index (κ1) is 14.3. The Kier molecular flexibility index (Phi) is 4.08. The van der Waals surface area contributed by atoms with E-state index < -0.39 is 0 Å². The van der Waals surface area contributed by atoms with Gasteiger partial charge in [-0.2, -0.15) is 0 Å². The summed E-state index contributed by atoms with van der Waals surface area (Å²) in [4.78, 5) is 0. The van der Waals surface area contributed by atoms with Gasteiger partial charge in [-0.25, -0.2) is 4.39 Å². The highest BCUT2D eigenvalue weighted by atomic mass is 79.9. The van der Waals surface area contributed by atoms with Crippen molar-refractivity contribution in [1.29, 1.82) is 0 Å². The Hall–Kier alpha value is -1.65. The van der Waals surface area contributed by atoms with Gasteiger partial charge in [0.2, 0.25) is 0 Å². The summed E-state index contributed by atoms with van der Waals surface area (Å²) in [6.45, 7) is 2.82. The quantitative estimate of drug-likeness (QED) is 0.715. The lowest BCUT2D eigenvalue weighted by molar-refractivity contribution is 0.438. The van der Waals surface area contributed by atoms with Gasteiger partial charge in [-0.1, -0.05) is 37.3 Å². The lowest BCUT2D eigenvalue weighted by Crippen LogP contribution is -2.21. The van der Waals surface area contributed by atoms with Gasteiger partial charge in [-0.3, -0.25) is 0 Å². The fourth-order valence-electron chi connectivity index (χ4n) is 2.59. The van der Waals surface area contributed by atoms with Crippen LogP contribution in [-0.2, 0) is 0 Å². The van der Waals surface area contributed by atoms with Crippen molar-refractivity contribution < 1.29 is 8.81 Å². The van der Waals surface area contributed by atoms with Crippen molar-refractivity contribution in [2.24, 2.45) is 0 Å². The lowest BCUT2D eigenvalue weighted by Gasteiger charge is -2.18. The molecule has 3 aromatic rings. The predicted molar refractivity (Wildman–Crippen MR) is 85.8 cm³/mol. The van der Waals surface area contributed by atoms with Gasteiger partial charge < -0.3 is 9.73 Å². The van der Waals surface area contributed by atoms with Crippen LogP contribution < -0.4 is 5.32 Å². The second-order valence-electron chi connectivity index (χ2n) is 4.81. The first-order valence-electron chi connectivity index (χ1n) is 6.86. The van der Waals surface area contributed by atoms with Crippen molar-refractivity contribution in [3.63, 3.8) is 0 Å². The molecule has 0 fully saturated rings. The van der Waals surface area contributed by atoms with Gasteiger partial charge in [0.1, 0.15) is 11.6 Å². The maximum Gasteiger partial charge on any atom is 0.169 e.